The number of nitrogens with two attached hydrogens (primary N) is 1. The zero-order valence-corrected chi connectivity index (χ0v) is 16.7. The Hall–Kier alpha value is -3.71. The Morgan fingerprint density at radius 2 is 2.13 bits per heavy atom. The highest BCUT2D eigenvalue weighted by molar-refractivity contribution is 5.83. The number of hydrogen-bond donors (Lipinski definition) is 1. The van der Waals surface area contributed by atoms with E-state index in [2.05, 4.69) is 21.4 Å². The predicted octanol–water partition coefficient (Wildman–Crippen LogP) is 1.99. The summed E-state index contributed by atoms with van der Waals surface area (Å²) in [4.78, 5) is 4.87. The van der Waals surface area contributed by atoms with Crippen molar-refractivity contribution in [2.45, 2.75) is 30.9 Å². The minimum absolute atomic E-state index is 0.126. The second-order valence-corrected chi connectivity index (χ2v) is 7.74. The number of hydrogen-bond acceptors (Lipinski definition) is 7. The van der Waals surface area contributed by atoms with E-state index in [4.69, 9.17) is 15.5 Å². The van der Waals surface area contributed by atoms with Gasteiger partial charge in [0.2, 0.25) is 0 Å². The third kappa shape index (κ3) is 2.74. The Kier molecular flexibility index (Phi) is 4.08. The van der Waals surface area contributed by atoms with E-state index < -0.39 is 5.54 Å². The minimum atomic E-state index is -0.403. The van der Waals surface area contributed by atoms with Crippen molar-refractivity contribution < 1.29 is 4.74 Å². The third-order valence-corrected chi connectivity index (χ3v) is 5.83. The molecule has 5 rings (SSSR count). The van der Waals surface area contributed by atoms with Crippen LogP contribution in [0.3, 0.4) is 0 Å². The van der Waals surface area contributed by atoms with E-state index in [0.717, 1.165) is 29.6 Å². The largest absolute Gasteiger partial charge is 0.382 e. The average molecular weight is 403 g/mol. The minimum Gasteiger partial charge on any atom is -0.382 e. The van der Waals surface area contributed by atoms with Crippen molar-refractivity contribution in [1.29, 1.82) is 5.26 Å². The van der Waals surface area contributed by atoms with Crippen LogP contribution in [0.4, 0.5) is 5.82 Å². The fraction of sp³-hybridized carbons (Fsp3) is 0.350. The molecule has 4 aromatic heterocycles. The van der Waals surface area contributed by atoms with Gasteiger partial charge in [0.1, 0.15) is 5.69 Å². The zero-order valence-electron chi connectivity index (χ0n) is 16.7. The van der Waals surface area contributed by atoms with Crippen LogP contribution >= 0.6 is 0 Å². The first-order chi connectivity index (χ1) is 14.5. The summed E-state index contributed by atoms with van der Waals surface area (Å²) < 4.78 is 10.8. The van der Waals surface area contributed by atoms with Crippen molar-refractivity contribution >= 4 is 11.3 Å². The highest BCUT2D eigenvalue weighted by Crippen LogP contribution is 2.44. The first-order valence-electron chi connectivity index (χ1n) is 9.62. The van der Waals surface area contributed by atoms with Crippen LogP contribution in [0.2, 0.25) is 0 Å². The zero-order chi connectivity index (χ0) is 20.9. The van der Waals surface area contributed by atoms with Crippen LogP contribution in [0.15, 0.2) is 37.1 Å². The van der Waals surface area contributed by atoms with Crippen molar-refractivity contribution in [1.82, 2.24) is 34.2 Å². The lowest BCUT2D eigenvalue weighted by Crippen LogP contribution is -2.50. The second kappa shape index (κ2) is 6.67. The SMILES string of the molecule is CO[C@H]1C[C@](CC#N)(n2cc(-c3nc(-c4cnn(C)c4)cn4nccc34)c(N)n2)C1. The molecule has 0 spiro atoms. The summed E-state index contributed by atoms with van der Waals surface area (Å²) in [5, 5.41) is 22.5. The lowest BCUT2D eigenvalue weighted by atomic mass is 9.72. The molecule has 1 saturated carbocycles. The number of anilines is 1. The number of rotatable bonds is 5. The molecule has 2 N–H and O–H groups in total. The molecule has 0 saturated heterocycles. The Labute approximate surface area is 172 Å². The summed E-state index contributed by atoms with van der Waals surface area (Å²) in [5.41, 5.74) is 9.77. The van der Waals surface area contributed by atoms with Gasteiger partial charge < -0.3 is 10.5 Å². The van der Waals surface area contributed by atoms with Gasteiger partial charge in [-0.15, -0.1) is 0 Å². The summed E-state index contributed by atoms with van der Waals surface area (Å²) in [6, 6.07) is 4.17. The first-order valence-corrected chi connectivity index (χ1v) is 9.62. The van der Waals surface area contributed by atoms with Crippen molar-refractivity contribution in [2.24, 2.45) is 7.05 Å². The van der Waals surface area contributed by atoms with Crippen LogP contribution in [0.5, 0.6) is 0 Å². The molecule has 1 fully saturated rings. The number of nitrogens with zero attached hydrogens (tertiary/aromatic N) is 8. The number of aryl methyl sites for hydroxylation is 1. The van der Waals surface area contributed by atoms with Crippen molar-refractivity contribution in [3.63, 3.8) is 0 Å². The Balaban J connectivity index is 1.63. The van der Waals surface area contributed by atoms with Gasteiger partial charge in [-0.05, 0) is 18.9 Å². The molecule has 0 radical (unpaired) electrons. The Bertz CT molecular complexity index is 1270. The van der Waals surface area contributed by atoms with Crippen molar-refractivity contribution in [3.8, 4) is 28.6 Å². The topological polar surface area (TPSA) is 125 Å². The predicted molar refractivity (Wildman–Crippen MR) is 109 cm³/mol. The number of fused-ring (bicyclic) bond motifs is 1. The van der Waals surface area contributed by atoms with Gasteiger partial charge in [0.05, 0.1) is 59.5 Å². The summed E-state index contributed by atoms with van der Waals surface area (Å²) in [6.07, 6.45) is 11.1. The molecular formula is C20H21N9O. The molecule has 0 unspecified atom stereocenters. The molecule has 0 amide bonds. The van der Waals surface area contributed by atoms with Crippen LogP contribution < -0.4 is 5.73 Å². The monoisotopic (exact) mass is 403 g/mol. The number of ether oxygens (including phenoxy) is 1. The summed E-state index contributed by atoms with van der Waals surface area (Å²) in [5.74, 6) is 0.368. The lowest BCUT2D eigenvalue weighted by Gasteiger charge is -2.45. The molecule has 1 aliphatic rings. The van der Waals surface area contributed by atoms with Gasteiger partial charge in [0.15, 0.2) is 5.82 Å². The molecule has 4 aromatic rings. The van der Waals surface area contributed by atoms with Crippen LogP contribution in [0, 0.1) is 11.3 Å². The van der Waals surface area contributed by atoms with E-state index in [1.54, 1.807) is 28.7 Å². The molecule has 30 heavy (non-hydrogen) atoms. The third-order valence-electron chi connectivity index (χ3n) is 5.83. The molecule has 0 atom stereocenters. The normalized spacial score (nSPS) is 20.9. The number of methoxy groups -OCH3 is 1. The van der Waals surface area contributed by atoms with Gasteiger partial charge in [-0.25, -0.2) is 9.50 Å². The van der Waals surface area contributed by atoms with E-state index >= 15 is 0 Å². The van der Waals surface area contributed by atoms with Crippen LogP contribution in [0.1, 0.15) is 19.3 Å². The van der Waals surface area contributed by atoms with E-state index in [-0.39, 0.29) is 6.10 Å². The van der Waals surface area contributed by atoms with Gasteiger partial charge in [-0.3, -0.25) is 9.36 Å². The van der Waals surface area contributed by atoms with E-state index in [1.165, 1.54) is 0 Å². The molecule has 0 aromatic carbocycles. The first kappa shape index (κ1) is 18.3. The molecule has 0 bridgehead atoms. The second-order valence-electron chi connectivity index (χ2n) is 7.74. The molecule has 0 aliphatic heterocycles. The molecule has 152 valence electrons. The van der Waals surface area contributed by atoms with Crippen LogP contribution in [-0.4, -0.2) is 47.4 Å². The summed E-state index contributed by atoms with van der Waals surface area (Å²) in [6.45, 7) is 0. The maximum Gasteiger partial charge on any atom is 0.155 e. The molecule has 10 nitrogen and oxygen atoms in total. The lowest BCUT2D eigenvalue weighted by molar-refractivity contribution is -0.0540. The highest BCUT2D eigenvalue weighted by Gasteiger charge is 2.47. The number of nitrogen functional groups attached to an aromatic ring is 1. The van der Waals surface area contributed by atoms with E-state index in [1.807, 2.05) is 36.4 Å². The molecule has 1 aliphatic carbocycles. The maximum absolute atomic E-state index is 9.36. The van der Waals surface area contributed by atoms with E-state index in [0.29, 0.717) is 23.5 Å². The summed E-state index contributed by atoms with van der Waals surface area (Å²) in [7, 11) is 3.55. The van der Waals surface area contributed by atoms with Crippen molar-refractivity contribution in [2.75, 3.05) is 12.8 Å². The Morgan fingerprint density at radius 3 is 2.83 bits per heavy atom. The maximum atomic E-state index is 9.36. The standard InChI is InChI=1S/C20H21N9O/c1-27-10-13(9-24-27)16-12-28-17(3-6-23-28)18(25-16)15-11-29(26-19(15)22)20(4-5-21)7-14(8-20)30-2/h3,6,9-12,14H,4,7-8H2,1-2H3,(H2,22,26)/t14-,20-. The number of aromatic nitrogens is 7. The number of nitriles is 1. The van der Waals surface area contributed by atoms with Gasteiger partial charge in [-0.1, -0.05) is 0 Å². The fourth-order valence-electron chi connectivity index (χ4n) is 4.14. The van der Waals surface area contributed by atoms with Gasteiger partial charge in [0, 0.05) is 32.1 Å². The molecule has 4 heterocycles. The van der Waals surface area contributed by atoms with E-state index in [9.17, 15) is 5.26 Å². The average Bonchev–Trinajstić information content (AvgIpc) is 3.43. The fourth-order valence-corrected chi connectivity index (χ4v) is 4.14. The van der Waals surface area contributed by atoms with Crippen LogP contribution in [-0.2, 0) is 17.3 Å². The van der Waals surface area contributed by atoms with Gasteiger partial charge in [0.25, 0.3) is 0 Å². The Morgan fingerprint density at radius 1 is 1.30 bits per heavy atom. The van der Waals surface area contributed by atoms with Crippen molar-refractivity contribution in [3.05, 3.63) is 37.1 Å². The molecular weight excluding hydrogens is 382 g/mol. The van der Waals surface area contributed by atoms with Crippen LogP contribution in [0.25, 0.3) is 28.0 Å². The molecule has 10 heteroatoms. The van der Waals surface area contributed by atoms with Gasteiger partial charge in [-0.2, -0.15) is 20.6 Å². The summed E-state index contributed by atoms with van der Waals surface area (Å²) >= 11 is 0. The smallest absolute Gasteiger partial charge is 0.155 e. The van der Waals surface area contributed by atoms with Gasteiger partial charge >= 0.3 is 0 Å². The highest BCUT2D eigenvalue weighted by atomic mass is 16.5. The quantitative estimate of drug-likeness (QED) is 0.540.